The summed E-state index contributed by atoms with van der Waals surface area (Å²) in [6.45, 7) is 0.881. The Balaban J connectivity index is 2.61. The lowest BCUT2D eigenvalue weighted by atomic mass is 10.3. The van der Waals surface area contributed by atoms with Gasteiger partial charge in [0.05, 0.1) is 0 Å². The minimum absolute atomic E-state index is 0.662. The van der Waals surface area contributed by atoms with Crippen molar-refractivity contribution in [2.45, 2.75) is 0 Å². The van der Waals surface area contributed by atoms with E-state index < -0.39 is 0 Å². The molecule has 1 aromatic carbocycles. The molecular weight excluding hydrogens is 158 g/mol. The second-order valence-corrected chi connectivity index (χ2v) is 2.75. The summed E-state index contributed by atoms with van der Waals surface area (Å²) in [4.78, 5) is 2.11. The van der Waals surface area contributed by atoms with Gasteiger partial charge in [-0.1, -0.05) is 12.1 Å². The van der Waals surface area contributed by atoms with Crippen molar-refractivity contribution < 1.29 is 0 Å². The molecule has 11 heavy (non-hydrogen) atoms. The Morgan fingerprint density at radius 3 is 2.64 bits per heavy atom. The van der Waals surface area contributed by atoms with Crippen molar-refractivity contribution in [3.05, 3.63) is 30.3 Å². The lowest BCUT2D eigenvalue weighted by Gasteiger charge is -2.16. The first-order chi connectivity index (χ1) is 5.34. The van der Waals surface area contributed by atoms with Crippen LogP contribution in [0.5, 0.6) is 0 Å². The first-order valence-electron chi connectivity index (χ1n) is 3.58. The molecule has 0 N–H and O–H groups in total. The van der Waals surface area contributed by atoms with Crippen LogP contribution >= 0.6 is 11.6 Å². The van der Waals surface area contributed by atoms with E-state index >= 15 is 0 Å². The summed E-state index contributed by atoms with van der Waals surface area (Å²) >= 11 is 5.60. The monoisotopic (exact) mass is 168 g/mol. The van der Waals surface area contributed by atoms with E-state index in [0.717, 1.165) is 6.54 Å². The molecule has 1 rings (SSSR count). The number of nitrogens with zero attached hydrogens (tertiary/aromatic N) is 1. The minimum Gasteiger partial charge on any atom is -0.373 e. The SMILES string of the molecule is CN(CCCl)c1cc[c]cc1. The van der Waals surface area contributed by atoms with Crippen molar-refractivity contribution in [2.75, 3.05) is 24.4 Å². The number of hydrogen-bond donors (Lipinski definition) is 0. The van der Waals surface area contributed by atoms with Crippen LogP contribution in [0.15, 0.2) is 24.3 Å². The standard InChI is InChI=1S/C9H11ClN/c1-11(8-7-10)9-5-3-2-4-6-9/h3-6H,7-8H2,1H3. The van der Waals surface area contributed by atoms with Crippen molar-refractivity contribution >= 4 is 17.3 Å². The molecule has 0 amide bonds. The van der Waals surface area contributed by atoms with Gasteiger partial charge in [0, 0.05) is 25.2 Å². The molecule has 0 saturated heterocycles. The number of alkyl halides is 1. The Morgan fingerprint density at radius 2 is 2.09 bits per heavy atom. The molecule has 0 saturated carbocycles. The Bertz CT molecular complexity index is 198. The van der Waals surface area contributed by atoms with Gasteiger partial charge in [-0.2, -0.15) is 0 Å². The summed E-state index contributed by atoms with van der Waals surface area (Å²) in [6.07, 6.45) is 0. The van der Waals surface area contributed by atoms with Crippen LogP contribution in [0.4, 0.5) is 5.69 Å². The Labute approximate surface area is 72.6 Å². The zero-order chi connectivity index (χ0) is 8.10. The van der Waals surface area contributed by atoms with Crippen LogP contribution in [0.25, 0.3) is 0 Å². The molecule has 0 unspecified atom stereocenters. The first-order valence-corrected chi connectivity index (χ1v) is 4.11. The molecule has 0 aromatic heterocycles. The average Bonchev–Trinajstić information content (AvgIpc) is 2.07. The van der Waals surface area contributed by atoms with Crippen LogP contribution in [-0.2, 0) is 0 Å². The molecule has 0 heterocycles. The molecule has 1 aromatic rings. The molecule has 1 radical (unpaired) electrons. The van der Waals surface area contributed by atoms with E-state index in [-0.39, 0.29) is 0 Å². The summed E-state index contributed by atoms with van der Waals surface area (Å²) in [5.41, 5.74) is 1.18. The van der Waals surface area contributed by atoms with Gasteiger partial charge in [-0.3, -0.25) is 0 Å². The van der Waals surface area contributed by atoms with Gasteiger partial charge in [-0.15, -0.1) is 11.6 Å². The van der Waals surface area contributed by atoms with Crippen LogP contribution in [0, 0.1) is 6.07 Å². The smallest absolute Gasteiger partial charge is 0.0399 e. The van der Waals surface area contributed by atoms with Crippen LogP contribution in [0.3, 0.4) is 0 Å². The number of anilines is 1. The predicted octanol–water partition coefficient (Wildman–Crippen LogP) is 2.16. The van der Waals surface area contributed by atoms with Gasteiger partial charge in [-0.05, 0) is 18.2 Å². The van der Waals surface area contributed by atoms with E-state index in [0.29, 0.717) is 5.88 Å². The average molecular weight is 169 g/mol. The Morgan fingerprint density at radius 1 is 1.45 bits per heavy atom. The maximum absolute atomic E-state index is 5.60. The molecule has 0 fully saturated rings. The third kappa shape index (κ3) is 2.43. The molecular formula is C9H11ClN. The second kappa shape index (κ2) is 4.24. The predicted molar refractivity (Wildman–Crippen MR) is 49.3 cm³/mol. The molecule has 0 aliphatic heterocycles. The quantitative estimate of drug-likeness (QED) is 0.626. The number of rotatable bonds is 3. The highest BCUT2D eigenvalue weighted by Gasteiger charge is 1.96. The maximum atomic E-state index is 5.60. The fourth-order valence-corrected chi connectivity index (χ4v) is 1.14. The van der Waals surface area contributed by atoms with Crippen LogP contribution in [0.1, 0.15) is 0 Å². The van der Waals surface area contributed by atoms with Gasteiger partial charge in [-0.25, -0.2) is 0 Å². The van der Waals surface area contributed by atoms with Crippen LogP contribution in [-0.4, -0.2) is 19.5 Å². The van der Waals surface area contributed by atoms with E-state index in [9.17, 15) is 0 Å². The van der Waals surface area contributed by atoms with Crippen molar-refractivity contribution in [1.82, 2.24) is 0 Å². The third-order valence-electron chi connectivity index (χ3n) is 1.56. The van der Waals surface area contributed by atoms with Crippen molar-refractivity contribution in [2.24, 2.45) is 0 Å². The Hall–Kier alpha value is -0.690. The summed E-state index contributed by atoms with van der Waals surface area (Å²) in [7, 11) is 2.03. The topological polar surface area (TPSA) is 3.24 Å². The molecule has 59 valence electrons. The number of hydrogen-bond acceptors (Lipinski definition) is 1. The summed E-state index contributed by atoms with van der Waals surface area (Å²) in [5.74, 6) is 0.662. The first kappa shape index (κ1) is 8.41. The highest BCUT2D eigenvalue weighted by Crippen LogP contribution is 2.09. The van der Waals surface area contributed by atoms with Gasteiger partial charge in [0.15, 0.2) is 0 Å². The normalized spacial score (nSPS) is 9.64. The van der Waals surface area contributed by atoms with Crippen molar-refractivity contribution in [1.29, 1.82) is 0 Å². The molecule has 1 nitrogen and oxygen atoms in total. The maximum Gasteiger partial charge on any atom is 0.0399 e. The van der Waals surface area contributed by atoms with E-state index in [1.807, 2.05) is 31.3 Å². The fraction of sp³-hybridized carbons (Fsp3) is 0.333. The van der Waals surface area contributed by atoms with Crippen LogP contribution < -0.4 is 4.90 Å². The second-order valence-electron chi connectivity index (χ2n) is 2.37. The van der Waals surface area contributed by atoms with E-state index in [1.54, 1.807) is 0 Å². The highest BCUT2D eigenvalue weighted by molar-refractivity contribution is 6.18. The van der Waals surface area contributed by atoms with E-state index in [1.165, 1.54) is 5.69 Å². The third-order valence-corrected chi connectivity index (χ3v) is 1.73. The van der Waals surface area contributed by atoms with Crippen molar-refractivity contribution in [3.8, 4) is 0 Å². The molecule has 0 spiro atoms. The molecule has 0 aliphatic carbocycles. The Kier molecular flexibility index (Phi) is 3.24. The largest absolute Gasteiger partial charge is 0.373 e. The number of halogens is 1. The van der Waals surface area contributed by atoms with E-state index in [4.69, 9.17) is 11.6 Å². The zero-order valence-corrected chi connectivity index (χ0v) is 7.30. The van der Waals surface area contributed by atoms with Crippen molar-refractivity contribution in [3.63, 3.8) is 0 Å². The van der Waals surface area contributed by atoms with Gasteiger partial charge >= 0.3 is 0 Å². The van der Waals surface area contributed by atoms with Gasteiger partial charge in [0.1, 0.15) is 0 Å². The summed E-state index contributed by atoms with van der Waals surface area (Å²) < 4.78 is 0. The zero-order valence-electron chi connectivity index (χ0n) is 6.55. The van der Waals surface area contributed by atoms with E-state index in [2.05, 4.69) is 11.0 Å². The molecule has 2 heteroatoms. The summed E-state index contributed by atoms with van der Waals surface area (Å²) in [6, 6.07) is 10.8. The lowest BCUT2D eigenvalue weighted by molar-refractivity contribution is 0.974. The molecule has 0 atom stereocenters. The number of benzene rings is 1. The fourth-order valence-electron chi connectivity index (χ4n) is 0.888. The van der Waals surface area contributed by atoms with Gasteiger partial charge in [0.2, 0.25) is 0 Å². The van der Waals surface area contributed by atoms with Gasteiger partial charge in [0.25, 0.3) is 0 Å². The summed E-state index contributed by atoms with van der Waals surface area (Å²) in [5, 5.41) is 0. The van der Waals surface area contributed by atoms with Crippen LogP contribution in [0.2, 0.25) is 0 Å². The molecule has 0 bridgehead atoms. The lowest BCUT2D eigenvalue weighted by Crippen LogP contribution is -2.19. The van der Waals surface area contributed by atoms with Gasteiger partial charge < -0.3 is 4.90 Å². The molecule has 0 aliphatic rings. The highest BCUT2D eigenvalue weighted by atomic mass is 35.5. The minimum atomic E-state index is 0.662.